The van der Waals surface area contributed by atoms with Crippen LogP contribution in [-0.2, 0) is 26.2 Å². The molecule has 2 radical (unpaired) electrons. The van der Waals surface area contributed by atoms with Crippen LogP contribution in [0.3, 0.4) is 0 Å². The molecule has 4 rings (SSSR count). The van der Waals surface area contributed by atoms with E-state index in [0.29, 0.717) is 0 Å². The van der Waals surface area contributed by atoms with E-state index < -0.39 is 0 Å². The Morgan fingerprint density at radius 1 is 0.652 bits per heavy atom. The molecule has 0 heterocycles. The van der Waals surface area contributed by atoms with Gasteiger partial charge < -0.3 is 0 Å². The summed E-state index contributed by atoms with van der Waals surface area (Å²) in [6.45, 7) is 4.31. The smallest absolute Gasteiger partial charge is 0.168 e. The molecule has 0 N–H and O–H groups in total. The van der Waals surface area contributed by atoms with E-state index in [1.807, 2.05) is 0 Å². The summed E-state index contributed by atoms with van der Waals surface area (Å²) in [6.07, 6.45) is 0. The van der Waals surface area contributed by atoms with Crippen molar-refractivity contribution in [1.82, 2.24) is 0 Å². The van der Waals surface area contributed by atoms with Crippen molar-refractivity contribution in [2.45, 2.75) is 20.5 Å². The molecule has 0 aromatic heterocycles. The van der Waals surface area contributed by atoms with Crippen molar-refractivity contribution in [3.8, 4) is 0 Å². The van der Waals surface area contributed by atoms with Gasteiger partial charge in [0.2, 0.25) is 0 Å². The largest absolute Gasteiger partial charge is 2.00 e. The molecule has 0 aliphatic carbocycles. The van der Waals surface area contributed by atoms with Crippen LogP contribution in [0, 0.1) is 0 Å². The van der Waals surface area contributed by atoms with Gasteiger partial charge in [-0.2, -0.15) is 35.0 Å². The van der Waals surface area contributed by atoms with Gasteiger partial charge in [0, 0.05) is 9.52 Å². The Kier molecular flexibility index (Phi) is 11.6. The van der Waals surface area contributed by atoms with Crippen molar-refractivity contribution in [3.05, 3.63) is 84.9 Å². The summed E-state index contributed by atoms with van der Waals surface area (Å²) in [5.41, 5.74) is 0. The zero-order valence-corrected chi connectivity index (χ0v) is 16.5. The first-order chi connectivity index (χ1) is 10.3. The van der Waals surface area contributed by atoms with Crippen LogP contribution in [-0.4, -0.2) is 9.52 Å². The predicted octanol–water partition coefficient (Wildman–Crippen LogP) is 6.54. The van der Waals surface area contributed by atoms with Gasteiger partial charge in [-0.25, -0.2) is 0 Å². The fourth-order valence-electron chi connectivity index (χ4n) is 2.14. The van der Waals surface area contributed by atoms with E-state index in [-0.39, 0.29) is 33.6 Å². The second-order valence-electron chi connectivity index (χ2n) is 4.81. The molecule has 0 nitrogen and oxygen atoms in total. The molecule has 0 saturated heterocycles. The van der Waals surface area contributed by atoms with Gasteiger partial charge in [0.1, 0.15) is 0 Å². The molecule has 0 unspecified atom stereocenters. The van der Waals surface area contributed by atoms with Gasteiger partial charge in [0.25, 0.3) is 0 Å². The number of fused-ring (bicyclic) bond motifs is 2. The standard InChI is InChI=1S/2C9H7.C2H6Si.CH4.Zr/c2*1-2-5-9-7-3-6-8(9)4-1;1-3-2;;/h2*1-7H;1-2H3;1H4;/q2*-1;;;+2. The van der Waals surface area contributed by atoms with E-state index in [0.717, 1.165) is 9.52 Å². The number of rotatable bonds is 0. The molecule has 0 fully saturated rings. The Hall–Kier alpha value is -1.24. The summed E-state index contributed by atoms with van der Waals surface area (Å²) in [5, 5.41) is 5.32. The maximum Gasteiger partial charge on any atom is 2.00 e. The summed E-state index contributed by atoms with van der Waals surface area (Å²) >= 11 is 0. The minimum atomic E-state index is 0. The first-order valence-corrected chi connectivity index (χ1v) is 9.14. The Bertz CT molecular complexity index is 641. The molecular formula is C21H24SiZr. The fraction of sp³-hybridized carbons (Fsp3) is 0.143. The SMILES string of the molecule is C.C[Si]C.[Zr+2].c1ccc2[cH-]ccc2c1.c1ccc2[cH-]ccc2c1. The van der Waals surface area contributed by atoms with Crippen molar-refractivity contribution >= 4 is 31.1 Å². The van der Waals surface area contributed by atoms with E-state index in [4.69, 9.17) is 0 Å². The summed E-state index contributed by atoms with van der Waals surface area (Å²) in [4.78, 5) is 0. The van der Waals surface area contributed by atoms with Gasteiger partial charge in [-0.15, -0.1) is 59.3 Å². The van der Waals surface area contributed by atoms with E-state index in [9.17, 15) is 0 Å². The average Bonchev–Trinajstić information content (AvgIpc) is 3.17. The molecule has 23 heavy (non-hydrogen) atoms. The normalized spacial score (nSPS) is 8.78. The average molecular weight is 396 g/mol. The summed E-state index contributed by atoms with van der Waals surface area (Å²) in [6, 6.07) is 29.3. The summed E-state index contributed by atoms with van der Waals surface area (Å²) in [7, 11) is 1.08. The molecule has 4 aromatic rings. The maximum atomic E-state index is 2.15. The third-order valence-corrected chi connectivity index (χ3v) is 3.10. The first kappa shape index (κ1) is 21.8. The topological polar surface area (TPSA) is 0 Å². The van der Waals surface area contributed by atoms with Crippen molar-refractivity contribution in [2.75, 3.05) is 0 Å². The molecule has 0 bridgehead atoms. The molecule has 0 aliphatic heterocycles. The van der Waals surface area contributed by atoms with Gasteiger partial charge in [0.05, 0.1) is 0 Å². The van der Waals surface area contributed by atoms with E-state index >= 15 is 0 Å². The van der Waals surface area contributed by atoms with Crippen LogP contribution in [0.1, 0.15) is 7.43 Å². The Morgan fingerprint density at radius 3 is 1.35 bits per heavy atom. The van der Waals surface area contributed by atoms with Crippen molar-refractivity contribution in [1.29, 1.82) is 0 Å². The molecule has 0 spiro atoms. The zero-order chi connectivity index (χ0) is 14.9. The Balaban J connectivity index is 0.000000336. The van der Waals surface area contributed by atoms with E-state index in [1.54, 1.807) is 0 Å². The quantitative estimate of drug-likeness (QED) is 0.234. The second-order valence-corrected chi connectivity index (χ2v) is 5.81. The molecule has 4 aromatic carbocycles. The third-order valence-electron chi connectivity index (χ3n) is 3.10. The number of hydrogen-bond acceptors (Lipinski definition) is 0. The molecule has 116 valence electrons. The molecule has 0 saturated carbocycles. The van der Waals surface area contributed by atoms with Crippen LogP contribution in [0.25, 0.3) is 21.5 Å². The van der Waals surface area contributed by atoms with Gasteiger partial charge in [-0.3, -0.25) is 0 Å². The van der Waals surface area contributed by atoms with Gasteiger partial charge in [0.15, 0.2) is 0 Å². The minimum Gasteiger partial charge on any atom is -0.168 e. The number of benzene rings is 2. The van der Waals surface area contributed by atoms with Crippen LogP contribution >= 0.6 is 0 Å². The monoisotopic (exact) mass is 394 g/mol. The van der Waals surface area contributed by atoms with Crippen LogP contribution in [0.5, 0.6) is 0 Å². The Morgan fingerprint density at radius 2 is 1.00 bits per heavy atom. The molecule has 2 heteroatoms. The van der Waals surface area contributed by atoms with Gasteiger partial charge >= 0.3 is 26.2 Å². The Labute approximate surface area is 162 Å². The third kappa shape index (κ3) is 6.81. The van der Waals surface area contributed by atoms with Gasteiger partial charge in [-0.05, 0) is 0 Å². The predicted molar refractivity (Wildman–Crippen MR) is 103 cm³/mol. The van der Waals surface area contributed by atoms with Crippen LogP contribution in [0.4, 0.5) is 0 Å². The summed E-state index contributed by atoms with van der Waals surface area (Å²) < 4.78 is 0. The van der Waals surface area contributed by atoms with Crippen molar-refractivity contribution in [2.24, 2.45) is 0 Å². The van der Waals surface area contributed by atoms with Crippen LogP contribution < -0.4 is 0 Å². The molecule has 0 atom stereocenters. The molecule has 0 amide bonds. The fourth-order valence-corrected chi connectivity index (χ4v) is 2.14. The van der Waals surface area contributed by atoms with Crippen molar-refractivity contribution in [3.63, 3.8) is 0 Å². The van der Waals surface area contributed by atoms with Gasteiger partial charge in [-0.1, -0.05) is 32.7 Å². The maximum absolute atomic E-state index is 2.15. The second kappa shape index (κ2) is 12.2. The van der Waals surface area contributed by atoms with E-state index in [1.165, 1.54) is 21.5 Å². The first-order valence-electron chi connectivity index (χ1n) is 7.14. The number of hydrogen-bond donors (Lipinski definition) is 0. The minimum absolute atomic E-state index is 0. The summed E-state index contributed by atoms with van der Waals surface area (Å²) in [5.74, 6) is 0. The zero-order valence-electron chi connectivity index (χ0n) is 13.1. The van der Waals surface area contributed by atoms with Crippen molar-refractivity contribution < 1.29 is 26.2 Å². The van der Waals surface area contributed by atoms with E-state index in [2.05, 4.69) is 98.0 Å². The van der Waals surface area contributed by atoms with Crippen LogP contribution in [0.2, 0.25) is 13.1 Å². The molecule has 0 aliphatic rings. The molecular weight excluding hydrogens is 372 g/mol. The van der Waals surface area contributed by atoms with Crippen LogP contribution in [0.15, 0.2) is 84.9 Å².